The molecule has 1 heterocycles. The molecule has 1 aromatic carbocycles. The molecule has 0 amide bonds. The smallest absolute Gasteiger partial charge is 0.204 e. The summed E-state index contributed by atoms with van der Waals surface area (Å²) >= 11 is -1.93. The molecule has 0 fully saturated rings. The van der Waals surface area contributed by atoms with Gasteiger partial charge in [-0.3, -0.25) is 0 Å². The lowest BCUT2D eigenvalue weighted by molar-refractivity contribution is 0.562. The number of aromatic nitrogens is 1. The average Bonchev–Trinajstić information content (AvgIpc) is 2.47. The van der Waals surface area contributed by atoms with Crippen LogP contribution in [0.3, 0.4) is 0 Å². The molecule has 62 valence electrons. The van der Waals surface area contributed by atoms with Crippen LogP contribution in [0.15, 0.2) is 35.5 Å². The number of hydrogen-bond donors (Lipinski definition) is 2. The van der Waals surface area contributed by atoms with Crippen LogP contribution in [0.25, 0.3) is 10.8 Å². The highest BCUT2D eigenvalue weighted by Crippen LogP contribution is 2.19. The number of benzene rings is 1. The van der Waals surface area contributed by atoms with Gasteiger partial charge in [0.15, 0.2) is 0 Å². The van der Waals surface area contributed by atoms with Gasteiger partial charge in [0.1, 0.15) is 5.03 Å². The zero-order chi connectivity index (χ0) is 8.55. The normalized spacial score (nSPS) is 13.4. The van der Waals surface area contributed by atoms with Gasteiger partial charge in [-0.25, -0.2) is 4.21 Å². The highest BCUT2D eigenvalue weighted by molar-refractivity contribution is 7.79. The first kappa shape index (κ1) is 7.52. The van der Waals surface area contributed by atoms with E-state index in [-0.39, 0.29) is 0 Å². The number of aromatic amines is 1. The molecule has 4 heteroatoms. The molecule has 1 unspecified atom stereocenters. The van der Waals surface area contributed by atoms with Gasteiger partial charge in [-0.1, -0.05) is 24.3 Å². The number of rotatable bonds is 1. The predicted molar refractivity (Wildman–Crippen MR) is 47.3 cm³/mol. The standard InChI is InChI=1S/C8H7NO2S/c10-12(11)8-7-4-2-1-3-6(7)5-9-8/h1-5,9H,(H,10,11). The molecule has 2 aromatic rings. The Morgan fingerprint density at radius 1 is 1.33 bits per heavy atom. The SMILES string of the molecule is O=S(O)c1[nH]cc2ccccc12. The van der Waals surface area contributed by atoms with Crippen molar-refractivity contribution in [2.75, 3.05) is 0 Å². The molecule has 0 radical (unpaired) electrons. The highest BCUT2D eigenvalue weighted by atomic mass is 32.2. The molecule has 0 aliphatic carbocycles. The van der Waals surface area contributed by atoms with Crippen molar-refractivity contribution < 1.29 is 8.76 Å². The van der Waals surface area contributed by atoms with Crippen LogP contribution in [0.2, 0.25) is 0 Å². The van der Waals surface area contributed by atoms with Gasteiger partial charge < -0.3 is 9.54 Å². The van der Waals surface area contributed by atoms with Crippen LogP contribution in [0.4, 0.5) is 0 Å². The summed E-state index contributed by atoms with van der Waals surface area (Å²) in [5, 5.41) is 2.12. The van der Waals surface area contributed by atoms with Gasteiger partial charge in [0.05, 0.1) is 0 Å². The van der Waals surface area contributed by atoms with E-state index < -0.39 is 11.1 Å². The van der Waals surface area contributed by atoms with Crippen LogP contribution in [-0.4, -0.2) is 13.7 Å². The highest BCUT2D eigenvalue weighted by Gasteiger charge is 2.06. The van der Waals surface area contributed by atoms with Crippen molar-refractivity contribution in [2.24, 2.45) is 0 Å². The topological polar surface area (TPSA) is 53.1 Å². The largest absolute Gasteiger partial charge is 0.351 e. The van der Waals surface area contributed by atoms with E-state index >= 15 is 0 Å². The minimum Gasteiger partial charge on any atom is -0.351 e. The van der Waals surface area contributed by atoms with Gasteiger partial charge in [-0.05, 0) is 0 Å². The minimum atomic E-state index is -1.93. The fourth-order valence-electron chi connectivity index (χ4n) is 1.20. The Labute approximate surface area is 71.7 Å². The summed E-state index contributed by atoms with van der Waals surface area (Å²) in [7, 11) is 0. The summed E-state index contributed by atoms with van der Waals surface area (Å²) in [4.78, 5) is 2.76. The molecule has 12 heavy (non-hydrogen) atoms. The molecule has 0 aliphatic rings. The molecule has 0 bridgehead atoms. The summed E-state index contributed by atoms with van der Waals surface area (Å²) in [5.74, 6) is 0. The third-order valence-corrected chi connectivity index (χ3v) is 2.43. The van der Waals surface area contributed by atoms with E-state index in [9.17, 15) is 4.21 Å². The van der Waals surface area contributed by atoms with Gasteiger partial charge in [-0.2, -0.15) is 0 Å². The van der Waals surface area contributed by atoms with Crippen molar-refractivity contribution in [3.05, 3.63) is 30.5 Å². The van der Waals surface area contributed by atoms with Gasteiger partial charge >= 0.3 is 0 Å². The Morgan fingerprint density at radius 2 is 2.08 bits per heavy atom. The Hall–Kier alpha value is -1.13. The summed E-state index contributed by atoms with van der Waals surface area (Å²) in [5.41, 5.74) is 0. The number of nitrogens with one attached hydrogen (secondary N) is 1. The third kappa shape index (κ3) is 1.05. The van der Waals surface area contributed by atoms with Crippen molar-refractivity contribution in [2.45, 2.75) is 5.03 Å². The quantitative estimate of drug-likeness (QED) is 0.658. The number of H-pyrrole nitrogens is 1. The van der Waals surface area contributed by atoms with Crippen LogP contribution in [-0.2, 0) is 11.1 Å². The van der Waals surface area contributed by atoms with Gasteiger partial charge in [0, 0.05) is 17.0 Å². The van der Waals surface area contributed by atoms with E-state index in [0.29, 0.717) is 5.03 Å². The second kappa shape index (κ2) is 2.73. The number of hydrogen-bond acceptors (Lipinski definition) is 1. The van der Waals surface area contributed by atoms with E-state index in [1.165, 1.54) is 0 Å². The van der Waals surface area contributed by atoms with E-state index in [1.807, 2.05) is 24.3 Å². The van der Waals surface area contributed by atoms with Crippen molar-refractivity contribution in [1.29, 1.82) is 0 Å². The van der Waals surface area contributed by atoms with Crippen LogP contribution in [0, 0.1) is 0 Å². The maximum absolute atomic E-state index is 10.8. The summed E-state index contributed by atoms with van der Waals surface area (Å²) in [6.45, 7) is 0. The number of fused-ring (bicyclic) bond motifs is 1. The first-order valence-electron chi connectivity index (χ1n) is 3.46. The van der Waals surface area contributed by atoms with Gasteiger partial charge in [0.25, 0.3) is 0 Å². The summed E-state index contributed by atoms with van der Waals surface area (Å²) < 4.78 is 19.6. The van der Waals surface area contributed by atoms with Crippen molar-refractivity contribution in [3.8, 4) is 0 Å². The van der Waals surface area contributed by atoms with E-state index in [1.54, 1.807) is 6.20 Å². The molecule has 0 aliphatic heterocycles. The van der Waals surface area contributed by atoms with Gasteiger partial charge in [0.2, 0.25) is 11.1 Å². The molecule has 0 saturated heterocycles. The molecule has 1 atom stereocenters. The maximum Gasteiger partial charge on any atom is 0.204 e. The van der Waals surface area contributed by atoms with Crippen LogP contribution in [0.5, 0.6) is 0 Å². The molecule has 3 nitrogen and oxygen atoms in total. The predicted octanol–water partition coefficient (Wildman–Crippen LogP) is 1.75. The first-order valence-corrected chi connectivity index (χ1v) is 4.56. The molecule has 0 spiro atoms. The Kier molecular flexibility index (Phi) is 1.71. The molecule has 2 rings (SSSR count). The van der Waals surface area contributed by atoms with Crippen molar-refractivity contribution in [1.82, 2.24) is 4.98 Å². The van der Waals surface area contributed by atoms with Gasteiger partial charge in [-0.15, -0.1) is 0 Å². The first-order chi connectivity index (χ1) is 5.79. The van der Waals surface area contributed by atoms with E-state index in [4.69, 9.17) is 4.55 Å². The molecule has 2 N–H and O–H groups in total. The third-order valence-electron chi connectivity index (χ3n) is 1.74. The van der Waals surface area contributed by atoms with Crippen LogP contribution < -0.4 is 0 Å². The fraction of sp³-hybridized carbons (Fsp3) is 0. The lowest BCUT2D eigenvalue weighted by Crippen LogP contribution is -1.87. The Balaban J connectivity index is 2.79. The second-order valence-electron chi connectivity index (χ2n) is 2.45. The average molecular weight is 181 g/mol. The van der Waals surface area contributed by atoms with Crippen molar-refractivity contribution in [3.63, 3.8) is 0 Å². The summed E-state index contributed by atoms with van der Waals surface area (Å²) in [6.07, 6.45) is 1.72. The zero-order valence-electron chi connectivity index (χ0n) is 6.15. The molecule has 1 aromatic heterocycles. The Morgan fingerprint density at radius 3 is 2.83 bits per heavy atom. The fourth-order valence-corrected chi connectivity index (χ4v) is 1.73. The minimum absolute atomic E-state index is 0.366. The molecule has 0 saturated carbocycles. The Bertz CT molecular complexity index is 435. The van der Waals surface area contributed by atoms with E-state index in [0.717, 1.165) is 10.8 Å². The van der Waals surface area contributed by atoms with Crippen LogP contribution in [0.1, 0.15) is 0 Å². The van der Waals surface area contributed by atoms with Crippen LogP contribution >= 0.6 is 0 Å². The van der Waals surface area contributed by atoms with Crippen molar-refractivity contribution >= 4 is 21.9 Å². The lowest BCUT2D eigenvalue weighted by atomic mass is 10.2. The molecular weight excluding hydrogens is 174 g/mol. The lowest BCUT2D eigenvalue weighted by Gasteiger charge is -1.90. The second-order valence-corrected chi connectivity index (χ2v) is 3.36. The van der Waals surface area contributed by atoms with E-state index in [2.05, 4.69) is 4.98 Å². The summed E-state index contributed by atoms with van der Waals surface area (Å²) in [6, 6.07) is 7.43. The zero-order valence-corrected chi connectivity index (χ0v) is 6.97. The maximum atomic E-state index is 10.8. The molecular formula is C8H7NO2S. The monoisotopic (exact) mass is 181 g/mol.